The molecule has 0 aromatic carbocycles. The van der Waals surface area contributed by atoms with Gasteiger partial charge >= 0.3 is 0 Å². The third kappa shape index (κ3) is 1.91. The van der Waals surface area contributed by atoms with E-state index < -0.39 is 20.2 Å². The fraction of sp³-hybridized carbons (Fsp3) is 1.00. The van der Waals surface area contributed by atoms with E-state index in [1.807, 2.05) is 0 Å². The summed E-state index contributed by atoms with van der Waals surface area (Å²) in [5, 5.41) is 0. The van der Waals surface area contributed by atoms with Gasteiger partial charge in [-0.05, 0) is 25.7 Å². The topological polar surface area (TPSA) is 34.1 Å². The van der Waals surface area contributed by atoms with Gasteiger partial charge in [0.1, 0.15) is 10.4 Å². The first-order chi connectivity index (χ1) is 5.35. The molecule has 2 nitrogen and oxygen atoms in total. The van der Waals surface area contributed by atoms with Gasteiger partial charge in [0.05, 0.1) is 0 Å². The van der Waals surface area contributed by atoms with Crippen molar-refractivity contribution in [1.29, 1.82) is 0 Å². The molecule has 0 radical (unpaired) electrons. The Bertz CT molecular complexity index is 255. The van der Waals surface area contributed by atoms with Crippen molar-refractivity contribution >= 4 is 21.4 Å². The van der Waals surface area contributed by atoms with Crippen LogP contribution in [0.5, 0.6) is 0 Å². The Morgan fingerprint density at radius 2 is 1.83 bits per heavy atom. The molecule has 1 fully saturated rings. The van der Waals surface area contributed by atoms with Crippen molar-refractivity contribution in [3.05, 3.63) is 0 Å². The quantitative estimate of drug-likeness (QED) is 0.625. The van der Waals surface area contributed by atoms with E-state index in [1.54, 1.807) is 0 Å². The van der Waals surface area contributed by atoms with E-state index >= 15 is 0 Å². The fourth-order valence-corrected chi connectivity index (χ4v) is 2.58. The van der Waals surface area contributed by atoms with Crippen molar-refractivity contribution in [3.63, 3.8) is 0 Å². The average Bonchev–Trinajstić information content (AvgIpc) is 1.93. The summed E-state index contributed by atoms with van der Waals surface area (Å²) in [6, 6.07) is 0. The lowest BCUT2D eigenvalue weighted by Crippen LogP contribution is -2.36. The molecular weight excluding hydrogens is 203 g/mol. The normalized spacial score (nSPS) is 38.1. The van der Waals surface area contributed by atoms with Gasteiger partial charge in [-0.25, -0.2) is 12.8 Å². The number of alkyl halides is 2. The van der Waals surface area contributed by atoms with E-state index in [9.17, 15) is 12.8 Å². The molecule has 72 valence electrons. The molecule has 0 bridgehead atoms. The molecule has 0 N–H and O–H groups in total. The zero-order valence-electron chi connectivity index (χ0n) is 6.89. The van der Waals surface area contributed by atoms with Gasteiger partial charge in [0.2, 0.25) is 0 Å². The third-order valence-corrected chi connectivity index (χ3v) is 5.28. The average molecular weight is 215 g/mol. The standard InChI is InChI=1S/C7H12ClFO2S/c1-12(10,11)7(8)4-2-6(9)3-5-7/h6H,2-5H2,1H3. The fourth-order valence-electron chi connectivity index (χ4n) is 1.38. The highest BCUT2D eigenvalue weighted by Crippen LogP contribution is 2.39. The molecule has 0 amide bonds. The zero-order valence-corrected chi connectivity index (χ0v) is 8.46. The molecule has 1 saturated carbocycles. The number of halogens is 2. The Hall–Kier alpha value is 0.170. The minimum absolute atomic E-state index is 0.231. The van der Waals surface area contributed by atoms with Crippen LogP contribution in [0.25, 0.3) is 0 Å². The Morgan fingerprint density at radius 1 is 1.42 bits per heavy atom. The minimum atomic E-state index is -3.25. The van der Waals surface area contributed by atoms with Crippen LogP contribution < -0.4 is 0 Å². The Labute approximate surface area is 77.0 Å². The second-order valence-electron chi connectivity index (χ2n) is 3.33. The monoisotopic (exact) mass is 214 g/mol. The molecule has 1 rings (SSSR count). The van der Waals surface area contributed by atoms with Crippen LogP contribution in [0.4, 0.5) is 4.39 Å². The highest BCUT2D eigenvalue weighted by atomic mass is 35.5. The van der Waals surface area contributed by atoms with Crippen molar-refractivity contribution in [2.24, 2.45) is 0 Å². The van der Waals surface area contributed by atoms with Gasteiger partial charge in [-0.3, -0.25) is 0 Å². The Morgan fingerprint density at radius 3 is 2.17 bits per heavy atom. The maximum Gasteiger partial charge on any atom is 0.167 e. The van der Waals surface area contributed by atoms with Crippen LogP contribution in [0.3, 0.4) is 0 Å². The molecule has 0 saturated heterocycles. The van der Waals surface area contributed by atoms with Crippen LogP contribution in [0.15, 0.2) is 0 Å². The lowest BCUT2D eigenvalue weighted by molar-refractivity contribution is 0.243. The predicted octanol–water partition coefficient (Wildman–Crippen LogP) is 1.88. The molecule has 5 heteroatoms. The summed E-state index contributed by atoms with van der Waals surface area (Å²) in [6.07, 6.45) is 1.22. The van der Waals surface area contributed by atoms with Crippen molar-refractivity contribution < 1.29 is 12.8 Å². The number of hydrogen-bond donors (Lipinski definition) is 0. The maximum atomic E-state index is 12.7. The van der Waals surface area contributed by atoms with Gasteiger partial charge in [-0.15, -0.1) is 11.6 Å². The van der Waals surface area contributed by atoms with Crippen molar-refractivity contribution in [2.45, 2.75) is 36.1 Å². The van der Waals surface area contributed by atoms with E-state index in [1.165, 1.54) is 0 Å². The number of rotatable bonds is 1. The molecule has 12 heavy (non-hydrogen) atoms. The van der Waals surface area contributed by atoms with Crippen LogP contribution in [0.1, 0.15) is 25.7 Å². The molecule has 0 unspecified atom stereocenters. The molecule has 0 aliphatic heterocycles. The van der Waals surface area contributed by atoms with Crippen molar-refractivity contribution in [2.75, 3.05) is 6.26 Å². The molecular formula is C7H12ClFO2S. The SMILES string of the molecule is CS(=O)(=O)C1(Cl)CCC(F)CC1. The molecule has 0 aromatic heterocycles. The molecule has 1 aliphatic rings. The molecule has 0 spiro atoms. The van der Waals surface area contributed by atoms with Crippen LogP contribution in [0, 0.1) is 0 Å². The summed E-state index contributed by atoms with van der Waals surface area (Å²) in [5.41, 5.74) is 0. The van der Waals surface area contributed by atoms with Gasteiger partial charge in [-0.2, -0.15) is 0 Å². The van der Waals surface area contributed by atoms with E-state index in [0.717, 1.165) is 6.26 Å². The van der Waals surface area contributed by atoms with Gasteiger partial charge in [0.15, 0.2) is 9.84 Å². The van der Waals surface area contributed by atoms with Gasteiger partial charge in [-0.1, -0.05) is 0 Å². The second-order valence-corrected chi connectivity index (χ2v) is 6.60. The first-order valence-corrected chi connectivity index (χ1v) is 6.15. The first kappa shape index (κ1) is 10.3. The van der Waals surface area contributed by atoms with Crippen molar-refractivity contribution in [3.8, 4) is 0 Å². The van der Waals surface area contributed by atoms with Crippen LogP contribution >= 0.6 is 11.6 Å². The molecule has 0 aromatic rings. The Balaban J connectivity index is 2.76. The zero-order chi connectivity index (χ0) is 9.41. The Kier molecular flexibility index (Phi) is 2.69. The summed E-state index contributed by atoms with van der Waals surface area (Å²) in [5.74, 6) is 0. The molecule has 1 aliphatic carbocycles. The highest BCUT2D eigenvalue weighted by molar-refractivity contribution is 7.93. The summed E-state index contributed by atoms with van der Waals surface area (Å²) < 4.78 is 33.8. The lowest BCUT2D eigenvalue weighted by Gasteiger charge is -2.30. The minimum Gasteiger partial charge on any atom is -0.247 e. The number of sulfone groups is 1. The molecule has 0 atom stereocenters. The lowest BCUT2D eigenvalue weighted by atomic mass is 9.98. The van der Waals surface area contributed by atoms with Crippen molar-refractivity contribution in [1.82, 2.24) is 0 Å². The van der Waals surface area contributed by atoms with Crippen LogP contribution in [-0.2, 0) is 9.84 Å². The first-order valence-electron chi connectivity index (χ1n) is 3.88. The summed E-state index contributed by atoms with van der Waals surface area (Å²) in [4.78, 5) is 0. The predicted molar refractivity (Wildman–Crippen MR) is 46.8 cm³/mol. The van der Waals surface area contributed by atoms with Crippen LogP contribution in [0.2, 0.25) is 0 Å². The van der Waals surface area contributed by atoms with Gasteiger partial charge in [0.25, 0.3) is 0 Å². The van der Waals surface area contributed by atoms with Gasteiger partial charge < -0.3 is 0 Å². The largest absolute Gasteiger partial charge is 0.247 e. The summed E-state index contributed by atoms with van der Waals surface area (Å²) >= 11 is 5.86. The van der Waals surface area contributed by atoms with E-state index in [0.29, 0.717) is 0 Å². The van der Waals surface area contributed by atoms with E-state index in [-0.39, 0.29) is 25.7 Å². The van der Waals surface area contributed by atoms with Crippen LogP contribution in [-0.4, -0.2) is 25.1 Å². The van der Waals surface area contributed by atoms with E-state index in [2.05, 4.69) is 0 Å². The smallest absolute Gasteiger partial charge is 0.167 e. The van der Waals surface area contributed by atoms with Gasteiger partial charge in [0, 0.05) is 6.26 Å². The second kappa shape index (κ2) is 3.14. The highest BCUT2D eigenvalue weighted by Gasteiger charge is 2.41. The summed E-state index contributed by atoms with van der Waals surface area (Å²) in [6.45, 7) is 0. The molecule has 0 heterocycles. The maximum absolute atomic E-state index is 12.7. The summed E-state index contributed by atoms with van der Waals surface area (Å²) in [7, 11) is -3.25. The van der Waals surface area contributed by atoms with E-state index in [4.69, 9.17) is 11.6 Å². The third-order valence-electron chi connectivity index (χ3n) is 2.33. The number of hydrogen-bond acceptors (Lipinski definition) is 2.